The van der Waals surface area contributed by atoms with E-state index in [1.807, 2.05) is 6.07 Å². The fraction of sp³-hybridized carbons (Fsp3) is 0.615. The molecule has 1 fully saturated rings. The van der Waals surface area contributed by atoms with Crippen LogP contribution in [0, 0.1) is 5.92 Å². The number of halogens is 4. The molecule has 0 aliphatic heterocycles. The van der Waals surface area contributed by atoms with Crippen LogP contribution in [0.3, 0.4) is 0 Å². The molecule has 6 heteroatoms. The first-order valence-corrected chi connectivity index (χ1v) is 7.03. The van der Waals surface area contributed by atoms with Crippen LogP contribution in [0.15, 0.2) is 22.9 Å². The number of nitrogens with zero attached hydrogens (tertiary/aromatic N) is 1. The summed E-state index contributed by atoms with van der Waals surface area (Å²) in [5, 5.41) is 0. The molecule has 2 nitrogen and oxygen atoms in total. The van der Waals surface area contributed by atoms with Crippen LogP contribution in [0.25, 0.3) is 0 Å². The van der Waals surface area contributed by atoms with Crippen molar-refractivity contribution in [2.24, 2.45) is 11.7 Å². The van der Waals surface area contributed by atoms with Crippen molar-refractivity contribution in [3.8, 4) is 0 Å². The maximum absolute atomic E-state index is 12.8. The van der Waals surface area contributed by atoms with E-state index < -0.39 is 17.6 Å². The van der Waals surface area contributed by atoms with Gasteiger partial charge in [-0.15, -0.1) is 0 Å². The van der Waals surface area contributed by atoms with E-state index in [-0.39, 0.29) is 12.8 Å². The molecule has 0 amide bonds. The Labute approximate surface area is 118 Å². The van der Waals surface area contributed by atoms with Crippen LogP contribution in [0.4, 0.5) is 13.2 Å². The van der Waals surface area contributed by atoms with Gasteiger partial charge in [-0.2, -0.15) is 13.2 Å². The van der Waals surface area contributed by atoms with Crippen LogP contribution < -0.4 is 5.73 Å². The lowest BCUT2D eigenvalue weighted by atomic mass is 9.73. The summed E-state index contributed by atoms with van der Waals surface area (Å²) in [5.74, 6) is -1.27. The van der Waals surface area contributed by atoms with Gasteiger partial charge in [-0.25, -0.2) is 0 Å². The number of rotatable bonds is 2. The van der Waals surface area contributed by atoms with Crippen LogP contribution in [-0.2, 0) is 6.42 Å². The van der Waals surface area contributed by atoms with Crippen LogP contribution in [0.1, 0.15) is 31.2 Å². The monoisotopic (exact) mass is 336 g/mol. The molecule has 1 aliphatic carbocycles. The SMILES string of the molecule is NC1(Cc2cncc(Br)c2)CCCC(C(F)(F)F)C1. The van der Waals surface area contributed by atoms with E-state index in [1.165, 1.54) is 0 Å². The normalized spacial score (nSPS) is 28.4. The molecule has 2 atom stereocenters. The molecular formula is C13H16BrF3N2. The second-order valence-electron chi connectivity index (χ2n) is 5.39. The molecular weight excluding hydrogens is 321 g/mol. The van der Waals surface area contributed by atoms with Gasteiger partial charge in [0, 0.05) is 22.4 Å². The second kappa shape index (κ2) is 5.40. The highest BCUT2D eigenvalue weighted by Gasteiger charge is 2.46. The van der Waals surface area contributed by atoms with Crippen molar-refractivity contribution >= 4 is 15.9 Å². The summed E-state index contributed by atoms with van der Waals surface area (Å²) in [6.45, 7) is 0. The van der Waals surface area contributed by atoms with Crippen molar-refractivity contribution in [2.75, 3.05) is 0 Å². The summed E-state index contributed by atoms with van der Waals surface area (Å²) < 4.78 is 39.3. The van der Waals surface area contributed by atoms with Crippen LogP contribution in [-0.4, -0.2) is 16.7 Å². The third-order valence-electron chi connectivity index (χ3n) is 3.66. The predicted octanol–water partition coefficient (Wildman–Crippen LogP) is 3.84. The van der Waals surface area contributed by atoms with Crippen molar-refractivity contribution in [3.05, 3.63) is 28.5 Å². The molecule has 19 heavy (non-hydrogen) atoms. The number of hydrogen-bond donors (Lipinski definition) is 1. The maximum Gasteiger partial charge on any atom is 0.391 e. The highest BCUT2D eigenvalue weighted by atomic mass is 79.9. The Bertz CT molecular complexity index is 450. The van der Waals surface area contributed by atoms with E-state index in [0.717, 1.165) is 10.0 Å². The smallest absolute Gasteiger partial charge is 0.325 e. The first kappa shape index (κ1) is 14.8. The van der Waals surface area contributed by atoms with Crippen molar-refractivity contribution < 1.29 is 13.2 Å². The van der Waals surface area contributed by atoms with Gasteiger partial charge in [-0.05, 0) is 53.2 Å². The molecule has 0 spiro atoms. The Morgan fingerprint density at radius 3 is 2.79 bits per heavy atom. The highest BCUT2D eigenvalue weighted by molar-refractivity contribution is 9.10. The largest absolute Gasteiger partial charge is 0.391 e. The Morgan fingerprint density at radius 2 is 2.16 bits per heavy atom. The molecule has 0 radical (unpaired) electrons. The molecule has 0 aromatic carbocycles. The number of pyridine rings is 1. The van der Waals surface area contributed by atoms with Gasteiger partial charge in [0.25, 0.3) is 0 Å². The van der Waals surface area contributed by atoms with Crippen LogP contribution in [0.2, 0.25) is 0 Å². The topological polar surface area (TPSA) is 38.9 Å². The number of aromatic nitrogens is 1. The number of alkyl halides is 3. The van der Waals surface area contributed by atoms with Crippen molar-refractivity contribution in [3.63, 3.8) is 0 Å². The fourth-order valence-electron chi connectivity index (χ4n) is 2.79. The summed E-state index contributed by atoms with van der Waals surface area (Å²) in [6.07, 6.45) is 0.964. The molecule has 1 heterocycles. The van der Waals surface area contributed by atoms with E-state index in [9.17, 15) is 13.2 Å². The fourth-order valence-corrected chi connectivity index (χ4v) is 3.21. The van der Waals surface area contributed by atoms with Gasteiger partial charge in [0.15, 0.2) is 0 Å². The van der Waals surface area contributed by atoms with Crippen LogP contribution >= 0.6 is 15.9 Å². The lowest BCUT2D eigenvalue weighted by Crippen LogP contribution is -2.48. The zero-order valence-electron chi connectivity index (χ0n) is 10.4. The number of hydrogen-bond acceptors (Lipinski definition) is 2. The van der Waals surface area contributed by atoms with Gasteiger partial charge in [0.1, 0.15) is 0 Å². The van der Waals surface area contributed by atoms with E-state index in [4.69, 9.17) is 5.73 Å². The quantitative estimate of drug-likeness (QED) is 0.891. The third kappa shape index (κ3) is 3.92. The summed E-state index contributed by atoms with van der Waals surface area (Å²) in [4.78, 5) is 4.02. The minimum absolute atomic E-state index is 0.00299. The lowest BCUT2D eigenvalue weighted by Gasteiger charge is -2.38. The van der Waals surface area contributed by atoms with Gasteiger partial charge in [-0.3, -0.25) is 4.98 Å². The molecule has 2 N–H and O–H groups in total. The minimum atomic E-state index is -4.14. The number of nitrogens with two attached hydrogens (primary N) is 1. The Morgan fingerprint density at radius 1 is 1.42 bits per heavy atom. The highest BCUT2D eigenvalue weighted by Crippen LogP contribution is 2.41. The summed E-state index contributed by atoms with van der Waals surface area (Å²) in [7, 11) is 0. The zero-order chi connectivity index (χ0) is 14.1. The minimum Gasteiger partial charge on any atom is -0.325 e. The molecule has 1 aliphatic rings. The summed E-state index contributed by atoms with van der Waals surface area (Å²) in [5.41, 5.74) is 6.28. The molecule has 1 aromatic rings. The zero-order valence-corrected chi connectivity index (χ0v) is 12.0. The Kier molecular flexibility index (Phi) is 4.20. The molecule has 106 valence electrons. The summed E-state index contributed by atoms with van der Waals surface area (Å²) in [6, 6.07) is 1.86. The first-order chi connectivity index (χ1) is 8.78. The van der Waals surface area contributed by atoms with E-state index in [1.54, 1.807) is 12.4 Å². The van der Waals surface area contributed by atoms with Gasteiger partial charge >= 0.3 is 6.18 Å². The van der Waals surface area contributed by atoms with E-state index in [0.29, 0.717) is 19.3 Å². The van der Waals surface area contributed by atoms with Gasteiger partial charge < -0.3 is 5.73 Å². The standard InChI is InChI=1S/C13H16BrF3N2/c14-11-4-9(7-19-8-11)5-12(18)3-1-2-10(6-12)13(15,16)17/h4,7-8,10H,1-3,5-6,18H2. The average Bonchev–Trinajstić information content (AvgIpc) is 2.27. The Balaban J connectivity index is 2.10. The molecule has 2 rings (SSSR count). The van der Waals surface area contributed by atoms with Gasteiger partial charge in [0.05, 0.1) is 5.92 Å². The Hall–Kier alpha value is -0.620. The van der Waals surface area contributed by atoms with Crippen LogP contribution in [0.5, 0.6) is 0 Å². The lowest BCUT2D eigenvalue weighted by molar-refractivity contribution is -0.187. The van der Waals surface area contributed by atoms with E-state index in [2.05, 4.69) is 20.9 Å². The van der Waals surface area contributed by atoms with Crippen molar-refractivity contribution in [1.82, 2.24) is 4.98 Å². The van der Waals surface area contributed by atoms with E-state index >= 15 is 0 Å². The van der Waals surface area contributed by atoms with Crippen molar-refractivity contribution in [2.45, 2.75) is 43.8 Å². The summed E-state index contributed by atoms with van der Waals surface area (Å²) >= 11 is 3.30. The second-order valence-corrected chi connectivity index (χ2v) is 6.30. The van der Waals surface area contributed by atoms with Gasteiger partial charge in [-0.1, -0.05) is 6.42 Å². The maximum atomic E-state index is 12.8. The molecule has 1 saturated carbocycles. The average molecular weight is 337 g/mol. The van der Waals surface area contributed by atoms with Gasteiger partial charge in [0.2, 0.25) is 0 Å². The first-order valence-electron chi connectivity index (χ1n) is 6.24. The molecule has 2 unspecified atom stereocenters. The third-order valence-corrected chi connectivity index (χ3v) is 4.09. The molecule has 1 aromatic heterocycles. The van der Waals surface area contributed by atoms with Crippen molar-refractivity contribution in [1.29, 1.82) is 0 Å². The molecule has 0 bridgehead atoms. The predicted molar refractivity (Wildman–Crippen MR) is 70.6 cm³/mol. The molecule has 0 saturated heterocycles.